The predicted molar refractivity (Wildman–Crippen MR) is 107 cm³/mol. The van der Waals surface area contributed by atoms with E-state index in [1.54, 1.807) is 18.2 Å². The van der Waals surface area contributed by atoms with Crippen LogP contribution in [0.1, 0.15) is 11.1 Å². The fourth-order valence-electron chi connectivity index (χ4n) is 2.82. The van der Waals surface area contributed by atoms with Crippen LogP contribution in [0.2, 0.25) is 0 Å². The fourth-order valence-corrected chi connectivity index (χ4v) is 3.10. The van der Waals surface area contributed by atoms with Gasteiger partial charge in [0.25, 0.3) is 11.8 Å². The summed E-state index contributed by atoms with van der Waals surface area (Å²) in [7, 11) is 2.86. The van der Waals surface area contributed by atoms with E-state index < -0.39 is 23.6 Å². The molecule has 2 aromatic carbocycles. The molecule has 156 valence electrons. The smallest absolute Gasteiger partial charge is 0.416 e. The number of halogens is 3. The lowest BCUT2D eigenvalue weighted by molar-refractivity contribution is -0.137. The number of thiocarbonyl (C=S) groups is 1. The Hall–Kier alpha value is -3.40. The summed E-state index contributed by atoms with van der Waals surface area (Å²) in [6, 6.07) is 8.87. The van der Waals surface area contributed by atoms with Crippen molar-refractivity contribution in [1.82, 2.24) is 5.32 Å². The summed E-state index contributed by atoms with van der Waals surface area (Å²) in [4.78, 5) is 26.3. The zero-order valence-electron chi connectivity index (χ0n) is 15.7. The molecule has 1 N–H and O–H groups in total. The molecular formula is C20H15F3N2O4S. The van der Waals surface area contributed by atoms with Crippen LogP contribution in [0.15, 0.2) is 48.0 Å². The highest BCUT2D eigenvalue weighted by Crippen LogP contribution is 2.33. The largest absolute Gasteiger partial charge is 0.497 e. The van der Waals surface area contributed by atoms with E-state index in [1.807, 2.05) is 0 Å². The normalized spacial score (nSPS) is 16.0. The molecule has 6 nitrogen and oxygen atoms in total. The van der Waals surface area contributed by atoms with Crippen LogP contribution in [0.3, 0.4) is 0 Å². The first-order valence-corrected chi connectivity index (χ1v) is 8.87. The van der Waals surface area contributed by atoms with E-state index >= 15 is 0 Å². The first kappa shape index (κ1) is 21.3. The minimum atomic E-state index is -4.60. The first-order chi connectivity index (χ1) is 14.2. The third-order valence-electron chi connectivity index (χ3n) is 4.27. The van der Waals surface area contributed by atoms with E-state index in [1.165, 1.54) is 26.4 Å². The Bertz CT molecular complexity index is 1070. The Balaban J connectivity index is 2.07. The van der Waals surface area contributed by atoms with Crippen LogP contribution in [-0.4, -0.2) is 31.1 Å². The van der Waals surface area contributed by atoms with Crippen molar-refractivity contribution < 1.29 is 32.2 Å². The Labute approximate surface area is 174 Å². The van der Waals surface area contributed by atoms with Gasteiger partial charge in [-0.05, 0) is 54.7 Å². The summed E-state index contributed by atoms with van der Waals surface area (Å²) in [6.45, 7) is 0. The number of methoxy groups -OCH3 is 2. The molecule has 0 saturated carbocycles. The Kier molecular flexibility index (Phi) is 5.79. The van der Waals surface area contributed by atoms with Gasteiger partial charge >= 0.3 is 6.18 Å². The number of rotatable bonds is 4. The Morgan fingerprint density at radius 1 is 1.07 bits per heavy atom. The molecule has 0 radical (unpaired) electrons. The van der Waals surface area contributed by atoms with Gasteiger partial charge in [-0.25, -0.2) is 0 Å². The van der Waals surface area contributed by atoms with Crippen molar-refractivity contribution in [3.63, 3.8) is 0 Å². The molecule has 0 atom stereocenters. The van der Waals surface area contributed by atoms with Crippen LogP contribution in [-0.2, 0) is 15.8 Å². The maximum absolute atomic E-state index is 13.1. The quantitative estimate of drug-likeness (QED) is 0.451. The van der Waals surface area contributed by atoms with Crippen LogP contribution in [0.5, 0.6) is 11.5 Å². The van der Waals surface area contributed by atoms with Crippen molar-refractivity contribution in [2.75, 3.05) is 19.1 Å². The third kappa shape index (κ3) is 4.13. The molecule has 1 aliphatic heterocycles. The lowest BCUT2D eigenvalue weighted by atomic mass is 10.1. The van der Waals surface area contributed by atoms with Crippen LogP contribution >= 0.6 is 12.2 Å². The summed E-state index contributed by atoms with van der Waals surface area (Å²) in [5.74, 6) is -0.828. The molecule has 0 aliphatic carbocycles. The number of nitrogens with zero attached hydrogens (tertiary/aromatic N) is 1. The Morgan fingerprint density at radius 3 is 2.43 bits per heavy atom. The molecule has 2 amide bonds. The highest BCUT2D eigenvalue weighted by atomic mass is 32.1. The topological polar surface area (TPSA) is 67.9 Å². The second-order valence-corrected chi connectivity index (χ2v) is 6.50. The van der Waals surface area contributed by atoms with E-state index in [-0.39, 0.29) is 16.4 Å². The Morgan fingerprint density at radius 2 is 1.80 bits per heavy atom. The standard InChI is InChI=1S/C20H15F3N2O4S/c1-28-14-6-7-16(29-2)11(8-14)9-15-17(26)24-19(30)25(18(15)27)13-5-3-4-12(10-13)20(21,22)23/h3-10H,1-2H3,(H,24,26,30)/b15-9+. The number of carbonyl (C=O) groups is 2. The second kappa shape index (κ2) is 8.15. The molecule has 30 heavy (non-hydrogen) atoms. The summed E-state index contributed by atoms with van der Waals surface area (Å²) < 4.78 is 49.6. The van der Waals surface area contributed by atoms with E-state index in [9.17, 15) is 22.8 Å². The molecule has 0 unspecified atom stereocenters. The number of anilines is 1. The molecule has 1 saturated heterocycles. The third-order valence-corrected chi connectivity index (χ3v) is 4.55. The number of amides is 2. The SMILES string of the molecule is COc1ccc(OC)c(/C=C2\C(=O)NC(=S)N(c3cccc(C(F)(F)F)c3)C2=O)c1. The monoisotopic (exact) mass is 436 g/mol. The maximum atomic E-state index is 13.1. The number of ether oxygens (including phenoxy) is 2. The average molecular weight is 436 g/mol. The highest BCUT2D eigenvalue weighted by Gasteiger charge is 2.36. The van der Waals surface area contributed by atoms with Gasteiger partial charge in [-0.2, -0.15) is 13.2 Å². The first-order valence-electron chi connectivity index (χ1n) is 8.46. The van der Waals surface area contributed by atoms with Crippen molar-refractivity contribution in [1.29, 1.82) is 0 Å². The average Bonchev–Trinajstić information content (AvgIpc) is 2.70. The maximum Gasteiger partial charge on any atom is 0.416 e. The molecule has 2 aromatic rings. The van der Waals surface area contributed by atoms with Crippen molar-refractivity contribution in [2.45, 2.75) is 6.18 Å². The van der Waals surface area contributed by atoms with Crippen molar-refractivity contribution >= 4 is 40.9 Å². The van der Waals surface area contributed by atoms with E-state index in [0.717, 1.165) is 23.1 Å². The molecule has 1 fully saturated rings. The lowest BCUT2D eigenvalue weighted by Crippen LogP contribution is -2.54. The van der Waals surface area contributed by atoms with Gasteiger partial charge in [0.15, 0.2) is 5.11 Å². The van der Waals surface area contributed by atoms with E-state index in [0.29, 0.717) is 17.1 Å². The second-order valence-electron chi connectivity index (χ2n) is 6.11. The highest BCUT2D eigenvalue weighted by molar-refractivity contribution is 7.80. The molecule has 3 rings (SSSR count). The minimum absolute atomic E-state index is 0.122. The van der Waals surface area contributed by atoms with Crippen LogP contribution < -0.4 is 19.7 Å². The van der Waals surface area contributed by atoms with Gasteiger partial charge in [-0.3, -0.25) is 19.8 Å². The van der Waals surface area contributed by atoms with Gasteiger partial charge in [0.2, 0.25) is 0 Å². The summed E-state index contributed by atoms with van der Waals surface area (Å²) in [6.07, 6.45) is -3.34. The van der Waals surface area contributed by atoms with E-state index in [4.69, 9.17) is 21.7 Å². The fraction of sp³-hybridized carbons (Fsp3) is 0.150. The van der Waals surface area contributed by atoms with Gasteiger partial charge in [-0.1, -0.05) is 6.07 Å². The van der Waals surface area contributed by atoms with E-state index in [2.05, 4.69) is 5.32 Å². The number of hydrogen-bond donors (Lipinski definition) is 1. The van der Waals surface area contributed by atoms with Gasteiger partial charge in [0, 0.05) is 5.56 Å². The molecule has 0 bridgehead atoms. The molecule has 1 aliphatic rings. The van der Waals surface area contributed by atoms with Crippen LogP contribution in [0.25, 0.3) is 6.08 Å². The van der Waals surface area contributed by atoms with Gasteiger partial charge < -0.3 is 9.47 Å². The molecule has 10 heteroatoms. The zero-order valence-corrected chi connectivity index (χ0v) is 16.6. The van der Waals surface area contributed by atoms with Crippen LogP contribution in [0.4, 0.5) is 18.9 Å². The van der Waals surface area contributed by atoms with Gasteiger partial charge in [0.1, 0.15) is 17.1 Å². The summed E-state index contributed by atoms with van der Waals surface area (Å²) in [5.41, 5.74) is -1.03. The number of nitrogens with one attached hydrogen (secondary N) is 1. The predicted octanol–water partition coefficient (Wildman–Crippen LogP) is 3.55. The van der Waals surface area contributed by atoms with Crippen molar-refractivity contribution in [2.24, 2.45) is 0 Å². The van der Waals surface area contributed by atoms with Gasteiger partial charge in [-0.15, -0.1) is 0 Å². The number of alkyl halides is 3. The number of benzene rings is 2. The summed E-state index contributed by atoms with van der Waals surface area (Å²) in [5, 5.41) is 2.01. The summed E-state index contributed by atoms with van der Waals surface area (Å²) >= 11 is 5.03. The van der Waals surface area contributed by atoms with Crippen LogP contribution in [0, 0.1) is 0 Å². The number of carbonyl (C=O) groups excluding carboxylic acids is 2. The number of hydrogen-bond acceptors (Lipinski definition) is 5. The minimum Gasteiger partial charge on any atom is -0.497 e. The van der Waals surface area contributed by atoms with Crippen molar-refractivity contribution in [3.8, 4) is 11.5 Å². The molecule has 1 heterocycles. The molecular weight excluding hydrogens is 421 g/mol. The zero-order chi connectivity index (χ0) is 22.1. The van der Waals surface area contributed by atoms with Crippen molar-refractivity contribution in [3.05, 3.63) is 59.2 Å². The molecule has 0 spiro atoms. The van der Waals surface area contributed by atoms with Gasteiger partial charge in [0.05, 0.1) is 25.5 Å². The molecule has 0 aromatic heterocycles. The lowest BCUT2D eigenvalue weighted by Gasteiger charge is -2.29.